The van der Waals surface area contributed by atoms with Crippen molar-refractivity contribution in [2.24, 2.45) is 0 Å². The smallest absolute Gasteiger partial charge is 0.433 e. The molecular weight excluding hydrogens is 493 g/mol. The monoisotopic (exact) mass is 514 g/mol. The van der Waals surface area contributed by atoms with E-state index in [-0.39, 0.29) is 23.5 Å². The lowest BCUT2D eigenvalue weighted by Gasteiger charge is -2.12. The van der Waals surface area contributed by atoms with Gasteiger partial charge in [0, 0.05) is 10.4 Å². The van der Waals surface area contributed by atoms with Crippen molar-refractivity contribution in [3.63, 3.8) is 0 Å². The van der Waals surface area contributed by atoms with Crippen molar-refractivity contribution in [2.75, 3.05) is 11.9 Å². The standard InChI is InChI=1S/C25H21F3N4O3S/c1-2-35-24(34)20-15-10-6-7-11-18(15)36-23(20)31-22(33)16-13-29-32-19(25(26,27)28)12-17(30-21(16)32)14-8-4-3-5-9-14/h3-5,8-9,12-13H,2,6-7,10-11H2,1H3,(H,31,33). The van der Waals surface area contributed by atoms with E-state index >= 15 is 0 Å². The first-order valence-electron chi connectivity index (χ1n) is 11.4. The number of benzene rings is 1. The van der Waals surface area contributed by atoms with Gasteiger partial charge in [-0.15, -0.1) is 11.3 Å². The second-order valence-corrected chi connectivity index (χ2v) is 9.38. The summed E-state index contributed by atoms with van der Waals surface area (Å²) < 4.78 is 47.5. The third kappa shape index (κ3) is 4.34. The molecule has 0 atom stereocenters. The van der Waals surface area contributed by atoms with Crippen molar-refractivity contribution in [1.82, 2.24) is 14.6 Å². The van der Waals surface area contributed by atoms with Gasteiger partial charge in [-0.25, -0.2) is 14.3 Å². The highest BCUT2D eigenvalue weighted by Crippen LogP contribution is 2.39. The van der Waals surface area contributed by atoms with Crippen molar-refractivity contribution in [2.45, 2.75) is 38.8 Å². The Morgan fingerprint density at radius 1 is 1.17 bits per heavy atom. The van der Waals surface area contributed by atoms with Crippen LogP contribution in [0.5, 0.6) is 0 Å². The molecule has 1 aliphatic rings. The summed E-state index contributed by atoms with van der Waals surface area (Å²) in [5.74, 6) is -1.24. The molecule has 0 radical (unpaired) electrons. The molecule has 11 heteroatoms. The van der Waals surface area contributed by atoms with Gasteiger partial charge in [-0.1, -0.05) is 30.3 Å². The summed E-state index contributed by atoms with van der Waals surface area (Å²) in [7, 11) is 0. The zero-order valence-corrected chi connectivity index (χ0v) is 20.0. The molecule has 0 unspecified atom stereocenters. The van der Waals surface area contributed by atoms with Crippen LogP contribution in [0.15, 0.2) is 42.6 Å². The Balaban J connectivity index is 1.59. The van der Waals surface area contributed by atoms with Crippen molar-refractivity contribution in [3.8, 4) is 11.3 Å². The molecule has 3 heterocycles. The minimum atomic E-state index is -4.73. The molecule has 1 aromatic carbocycles. The molecule has 0 saturated carbocycles. The lowest BCUT2D eigenvalue weighted by molar-refractivity contribution is -0.142. The van der Waals surface area contributed by atoms with Gasteiger partial charge in [0.1, 0.15) is 10.6 Å². The zero-order valence-electron chi connectivity index (χ0n) is 19.2. The fraction of sp³-hybridized carbons (Fsp3) is 0.280. The molecule has 0 bridgehead atoms. The number of aryl methyl sites for hydroxylation is 1. The SMILES string of the molecule is CCOC(=O)c1c(NC(=O)c2cnn3c(C(F)(F)F)cc(-c4ccccc4)nc23)sc2c1CCCC2. The summed E-state index contributed by atoms with van der Waals surface area (Å²) >= 11 is 1.29. The van der Waals surface area contributed by atoms with E-state index in [1.807, 2.05) is 0 Å². The summed E-state index contributed by atoms with van der Waals surface area (Å²) in [5.41, 5.74) is 0.278. The first-order valence-corrected chi connectivity index (χ1v) is 12.2. The van der Waals surface area contributed by atoms with Gasteiger partial charge in [-0.3, -0.25) is 4.79 Å². The van der Waals surface area contributed by atoms with Crippen LogP contribution in [0.25, 0.3) is 16.9 Å². The van der Waals surface area contributed by atoms with Crippen molar-refractivity contribution >= 4 is 33.9 Å². The van der Waals surface area contributed by atoms with Gasteiger partial charge in [0.25, 0.3) is 5.91 Å². The number of anilines is 1. The summed E-state index contributed by atoms with van der Waals surface area (Å²) in [6.07, 6.45) is -0.291. The number of esters is 1. The highest BCUT2D eigenvalue weighted by Gasteiger charge is 2.36. The molecule has 36 heavy (non-hydrogen) atoms. The molecule has 1 aliphatic carbocycles. The summed E-state index contributed by atoms with van der Waals surface area (Å²) in [6, 6.07) is 9.30. The molecular formula is C25H21F3N4O3S. The molecule has 186 valence electrons. The topological polar surface area (TPSA) is 85.6 Å². The summed E-state index contributed by atoms with van der Waals surface area (Å²) in [6.45, 7) is 1.87. The van der Waals surface area contributed by atoms with E-state index in [0.717, 1.165) is 42.0 Å². The van der Waals surface area contributed by atoms with Gasteiger partial charge in [0.05, 0.1) is 24.1 Å². The largest absolute Gasteiger partial charge is 0.462 e. The number of hydrogen-bond acceptors (Lipinski definition) is 6. The first-order chi connectivity index (χ1) is 17.3. The van der Waals surface area contributed by atoms with Gasteiger partial charge in [0.15, 0.2) is 11.3 Å². The number of fused-ring (bicyclic) bond motifs is 2. The van der Waals surface area contributed by atoms with E-state index in [2.05, 4.69) is 15.4 Å². The number of carbonyl (C=O) groups is 2. The molecule has 4 aromatic rings. The lowest BCUT2D eigenvalue weighted by atomic mass is 9.95. The fourth-order valence-electron chi connectivity index (χ4n) is 4.33. The van der Waals surface area contributed by atoms with Gasteiger partial charge >= 0.3 is 12.1 Å². The second kappa shape index (κ2) is 9.38. The highest BCUT2D eigenvalue weighted by molar-refractivity contribution is 7.17. The maximum Gasteiger partial charge on any atom is 0.433 e. The quantitative estimate of drug-likeness (QED) is 0.341. The normalized spacial score (nSPS) is 13.4. The molecule has 0 fully saturated rings. The first kappa shape index (κ1) is 24.0. The molecule has 1 amide bonds. The van der Waals surface area contributed by atoms with E-state index in [1.165, 1.54) is 11.3 Å². The molecule has 7 nitrogen and oxygen atoms in total. The van der Waals surface area contributed by atoms with Crippen LogP contribution < -0.4 is 5.32 Å². The van der Waals surface area contributed by atoms with E-state index in [1.54, 1.807) is 37.3 Å². The third-order valence-electron chi connectivity index (χ3n) is 5.95. The summed E-state index contributed by atoms with van der Waals surface area (Å²) in [5, 5.41) is 6.86. The minimum Gasteiger partial charge on any atom is -0.462 e. The fourth-order valence-corrected chi connectivity index (χ4v) is 5.60. The number of rotatable bonds is 5. The number of thiophene rings is 1. The van der Waals surface area contributed by atoms with Gasteiger partial charge < -0.3 is 10.1 Å². The summed E-state index contributed by atoms with van der Waals surface area (Å²) in [4.78, 5) is 31.4. The van der Waals surface area contributed by atoms with Gasteiger partial charge in [-0.05, 0) is 44.2 Å². The van der Waals surface area contributed by atoms with Crippen LogP contribution in [0.1, 0.15) is 56.6 Å². The average molecular weight is 515 g/mol. The van der Waals surface area contributed by atoms with Gasteiger partial charge in [0.2, 0.25) is 0 Å². The molecule has 0 saturated heterocycles. The van der Waals surface area contributed by atoms with Crippen molar-refractivity contribution < 1.29 is 27.5 Å². The van der Waals surface area contributed by atoms with E-state index in [4.69, 9.17) is 4.74 Å². The van der Waals surface area contributed by atoms with E-state index in [0.29, 0.717) is 27.1 Å². The van der Waals surface area contributed by atoms with Crippen LogP contribution >= 0.6 is 11.3 Å². The Bertz CT molecular complexity index is 1460. The number of alkyl halides is 3. The van der Waals surface area contributed by atoms with E-state index < -0.39 is 23.7 Å². The maximum absolute atomic E-state index is 13.9. The molecule has 0 aliphatic heterocycles. The van der Waals surface area contributed by atoms with Crippen LogP contribution in [0.3, 0.4) is 0 Å². The highest BCUT2D eigenvalue weighted by atomic mass is 32.1. The maximum atomic E-state index is 13.9. The Morgan fingerprint density at radius 2 is 1.92 bits per heavy atom. The number of nitrogens with one attached hydrogen (secondary N) is 1. The average Bonchev–Trinajstić information content (AvgIpc) is 3.44. The van der Waals surface area contributed by atoms with Crippen LogP contribution in [0.4, 0.5) is 18.2 Å². The number of amides is 1. The van der Waals surface area contributed by atoms with Crippen LogP contribution in [-0.4, -0.2) is 33.1 Å². The van der Waals surface area contributed by atoms with Crippen molar-refractivity contribution in [3.05, 3.63) is 69.9 Å². The Kier molecular flexibility index (Phi) is 6.25. The van der Waals surface area contributed by atoms with Crippen molar-refractivity contribution in [1.29, 1.82) is 0 Å². The number of nitrogens with zero attached hydrogens (tertiary/aromatic N) is 3. The minimum absolute atomic E-state index is 0.0591. The molecule has 1 N–H and O–H groups in total. The van der Waals surface area contributed by atoms with Crippen LogP contribution in [0.2, 0.25) is 0 Å². The number of carbonyl (C=O) groups excluding carboxylic acids is 2. The van der Waals surface area contributed by atoms with Gasteiger partial charge in [-0.2, -0.15) is 18.3 Å². The molecule has 5 rings (SSSR count). The number of ether oxygens (including phenoxy) is 1. The molecule has 0 spiro atoms. The lowest BCUT2D eigenvalue weighted by Crippen LogP contribution is -2.17. The Morgan fingerprint density at radius 3 is 2.64 bits per heavy atom. The Hall–Kier alpha value is -3.73. The predicted octanol–water partition coefficient (Wildman–Crippen LogP) is 5.78. The number of halogens is 3. The third-order valence-corrected chi connectivity index (χ3v) is 7.16. The molecule has 3 aromatic heterocycles. The number of hydrogen-bond donors (Lipinski definition) is 1. The zero-order chi connectivity index (χ0) is 25.4. The number of aromatic nitrogens is 3. The van der Waals surface area contributed by atoms with E-state index in [9.17, 15) is 22.8 Å². The predicted molar refractivity (Wildman–Crippen MR) is 128 cm³/mol. The Labute approximate surface area is 207 Å². The second-order valence-electron chi connectivity index (χ2n) is 8.27. The van der Waals surface area contributed by atoms with Crippen LogP contribution in [-0.2, 0) is 23.8 Å². The van der Waals surface area contributed by atoms with Crippen LogP contribution in [0, 0.1) is 0 Å².